The number of H-pyrrole nitrogens is 1. The first-order valence-electron chi connectivity index (χ1n) is 8.76. The average Bonchev–Trinajstić information content (AvgIpc) is 2.52. The summed E-state index contributed by atoms with van der Waals surface area (Å²) in [6.07, 6.45) is 0.831. The highest BCUT2D eigenvalue weighted by atomic mass is 35.5. The molecule has 0 unspecified atom stereocenters. The summed E-state index contributed by atoms with van der Waals surface area (Å²) in [6, 6.07) is 5.28. The van der Waals surface area contributed by atoms with Gasteiger partial charge < -0.3 is 10.3 Å². The number of aromatic nitrogens is 1. The second kappa shape index (κ2) is 8.89. The van der Waals surface area contributed by atoms with E-state index in [1.807, 2.05) is 0 Å². The number of nitrogens with one attached hydrogen (secondary N) is 2. The molecule has 0 fully saturated rings. The van der Waals surface area contributed by atoms with Crippen LogP contribution in [0.4, 0.5) is 0 Å². The van der Waals surface area contributed by atoms with Crippen LogP contribution in [0.1, 0.15) is 44.6 Å². The molecular formula is C19H25Cl2N3O2. The molecular weight excluding hydrogens is 373 g/mol. The maximum atomic E-state index is 12.4. The van der Waals surface area contributed by atoms with E-state index in [1.165, 1.54) is 12.1 Å². The fourth-order valence-corrected chi connectivity index (χ4v) is 3.69. The molecule has 0 saturated heterocycles. The van der Waals surface area contributed by atoms with Crippen molar-refractivity contribution in [2.75, 3.05) is 13.1 Å². The van der Waals surface area contributed by atoms with E-state index < -0.39 is 0 Å². The zero-order chi connectivity index (χ0) is 19.4. The number of pyridine rings is 1. The maximum Gasteiger partial charge on any atom is 0.267 e. The lowest BCUT2D eigenvalue weighted by molar-refractivity contribution is 0.0945. The molecule has 0 aliphatic heterocycles. The Morgan fingerprint density at radius 3 is 2.42 bits per heavy atom. The van der Waals surface area contributed by atoms with E-state index in [2.05, 4.69) is 42.9 Å². The molecule has 2 rings (SSSR count). The lowest BCUT2D eigenvalue weighted by atomic mass is 10.2. The van der Waals surface area contributed by atoms with E-state index in [1.54, 1.807) is 6.07 Å². The summed E-state index contributed by atoms with van der Waals surface area (Å²) < 4.78 is 0. The van der Waals surface area contributed by atoms with Gasteiger partial charge in [-0.15, -0.1) is 0 Å². The van der Waals surface area contributed by atoms with Crippen LogP contribution in [0.5, 0.6) is 0 Å². The van der Waals surface area contributed by atoms with Crippen molar-refractivity contribution < 1.29 is 4.79 Å². The van der Waals surface area contributed by atoms with Gasteiger partial charge in [0.2, 0.25) is 0 Å². The van der Waals surface area contributed by atoms with Crippen LogP contribution < -0.4 is 10.7 Å². The number of carbonyl (C=O) groups excluding carboxylic acids is 1. The molecule has 2 N–H and O–H groups in total. The molecule has 0 aliphatic rings. The highest BCUT2D eigenvalue weighted by Gasteiger charge is 2.14. The molecule has 0 saturated carbocycles. The Morgan fingerprint density at radius 1 is 1.15 bits per heavy atom. The van der Waals surface area contributed by atoms with Crippen molar-refractivity contribution in [3.63, 3.8) is 0 Å². The summed E-state index contributed by atoms with van der Waals surface area (Å²) in [7, 11) is 0. The van der Waals surface area contributed by atoms with Gasteiger partial charge in [0.25, 0.3) is 5.91 Å². The molecule has 2 aromatic rings. The highest BCUT2D eigenvalue weighted by molar-refractivity contribution is 6.38. The predicted octanol–water partition coefficient (Wildman–Crippen LogP) is 4.07. The fraction of sp³-hybridized carbons (Fsp3) is 0.474. The first-order valence-corrected chi connectivity index (χ1v) is 9.52. The van der Waals surface area contributed by atoms with Gasteiger partial charge in [-0.05, 0) is 46.2 Å². The molecule has 142 valence electrons. The van der Waals surface area contributed by atoms with Gasteiger partial charge in [-0.3, -0.25) is 14.5 Å². The lowest BCUT2D eigenvalue weighted by Gasteiger charge is -2.30. The number of hydrogen-bond acceptors (Lipinski definition) is 3. The van der Waals surface area contributed by atoms with Crippen LogP contribution in [0.25, 0.3) is 10.9 Å². The summed E-state index contributed by atoms with van der Waals surface area (Å²) in [5, 5.41) is 3.85. The smallest absolute Gasteiger partial charge is 0.267 e. The number of nitrogens with zero attached hydrogens (tertiary/aromatic N) is 1. The minimum absolute atomic E-state index is 0.199. The number of aromatic amines is 1. The van der Waals surface area contributed by atoms with E-state index >= 15 is 0 Å². The van der Waals surface area contributed by atoms with Gasteiger partial charge in [0.15, 0.2) is 5.43 Å². The number of hydrogen-bond donors (Lipinski definition) is 2. The topological polar surface area (TPSA) is 65.2 Å². The fourth-order valence-electron chi connectivity index (χ4n) is 3.10. The van der Waals surface area contributed by atoms with Crippen LogP contribution in [0, 0.1) is 0 Å². The van der Waals surface area contributed by atoms with E-state index in [9.17, 15) is 9.59 Å². The van der Waals surface area contributed by atoms with Crippen molar-refractivity contribution in [2.24, 2.45) is 0 Å². The Bertz CT molecular complexity index is 839. The summed E-state index contributed by atoms with van der Waals surface area (Å²) in [6.45, 7) is 10.1. The Labute approximate surface area is 163 Å². The van der Waals surface area contributed by atoms with Crippen molar-refractivity contribution in [3.05, 3.63) is 44.2 Å². The molecule has 1 aromatic carbocycles. The lowest BCUT2D eigenvalue weighted by Crippen LogP contribution is -2.39. The number of fused-ring (bicyclic) bond motifs is 1. The van der Waals surface area contributed by atoms with Gasteiger partial charge in [0, 0.05) is 36.3 Å². The summed E-state index contributed by atoms with van der Waals surface area (Å²) in [5.74, 6) is -0.319. The second-order valence-corrected chi connectivity index (χ2v) is 7.74. The molecule has 0 atom stereocenters. The third-order valence-electron chi connectivity index (χ3n) is 4.30. The standard InChI is InChI=1S/C19H25Cl2N3O2/c1-11(2)24(12(3)4)7-5-6-22-19(26)16-10-17(25)18-14(21)8-13(20)9-15(18)23-16/h8-12H,5-7H2,1-4H3,(H,22,26)(H,23,25). The van der Waals surface area contributed by atoms with Gasteiger partial charge in [0.05, 0.1) is 15.9 Å². The zero-order valence-corrected chi connectivity index (χ0v) is 17.0. The quantitative estimate of drug-likeness (QED) is 0.691. The molecule has 5 nitrogen and oxygen atoms in total. The van der Waals surface area contributed by atoms with Crippen molar-refractivity contribution in [2.45, 2.75) is 46.2 Å². The van der Waals surface area contributed by atoms with Gasteiger partial charge in [-0.1, -0.05) is 23.2 Å². The van der Waals surface area contributed by atoms with E-state index in [0.29, 0.717) is 34.6 Å². The number of carbonyl (C=O) groups is 1. The Morgan fingerprint density at radius 2 is 1.81 bits per heavy atom. The van der Waals surface area contributed by atoms with Crippen molar-refractivity contribution in [1.29, 1.82) is 0 Å². The summed E-state index contributed by atoms with van der Waals surface area (Å²) in [5.41, 5.74) is 0.340. The predicted molar refractivity (Wildman–Crippen MR) is 109 cm³/mol. The third kappa shape index (κ3) is 5.00. The van der Waals surface area contributed by atoms with Crippen LogP contribution in [-0.4, -0.2) is 41.0 Å². The number of rotatable bonds is 7. The Balaban J connectivity index is 2.05. The van der Waals surface area contributed by atoms with Crippen LogP contribution in [0.3, 0.4) is 0 Å². The first-order chi connectivity index (χ1) is 12.2. The van der Waals surface area contributed by atoms with Gasteiger partial charge >= 0.3 is 0 Å². The van der Waals surface area contributed by atoms with Gasteiger partial charge in [-0.2, -0.15) is 0 Å². The Hall–Kier alpha value is -1.56. The monoisotopic (exact) mass is 397 g/mol. The van der Waals surface area contributed by atoms with Gasteiger partial charge in [-0.25, -0.2) is 0 Å². The van der Waals surface area contributed by atoms with Crippen LogP contribution >= 0.6 is 23.2 Å². The van der Waals surface area contributed by atoms with Crippen molar-refractivity contribution in [3.8, 4) is 0 Å². The van der Waals surface area contributed by atoms with E-state index in [4.69, 9.17) is 23.2 Å². The normalized spacial score (nSPS) is 11.7. The SMILES string of the molecule is CC(C)N(CCCNC(=O)c1cc(=O)c2c(Cl)cc(Cl)cc2[nH]1)C(C)C. The molecule has 1 amide bonds. The molecule has 7 heteroatoms. The maximum absolute atomic E-state index is 12.4. The minimum atomic E-state index is -0.319. The van der Waals surface area contributed by atoms with Crippen molar-refractivity contribution in [1.82, 2.24) is 15.2 Å². The number of halogens is 2. The third-order valence-corrected chi connectivity index (χ3v) is 4.81. The highest BCUT2D eigenvalue weighted by Crippen LogP contribution is 2.24. The Kier molecular flexibility index (Phi) is 7.09. The second-order valence-electron chi connectivity index (χ2n) is 6.89. The summed E-state index contributed by atoms with van der Waals surface area (Å²) in [4.78, 5) is 29.9. The molecule has 26 heavy (non-hydrogen) atoms. The van der Waals surface area contributed by atoms with E-state index in [0.717, 1.165) is 13.0 Å². The minimum Gasteiger partial charge on any atom is -0.351 e. The molecule has 0 spiro atoms. The van der Waals surface area contributed by atoms with Crippen LogP contribution in [0.2, 0.25) is 10.0 Å². The largest absolute Gasteiger partial charge is 0.351 e. The van der Waals surface area contributed by atoms with Crippen molar-refractivity contribution >= 4 is 40.0 Å². The van der Waals surface area contributed by atoms with Crippen LogP contribution in [0.15, 0.2) is 23.0 Å². The molecule has 0 aliphatic carbocycles. The molecule has 0 radical (unpaired) electrons. The average molecular weight is 398 g/mol. The van der Waals surface area contributed by atoms with E-state index in [-0.39, 0.29) is 22.1 Å². The zero-order valence-electron chi connectivity index (χ0n) is 15.5. The van der Waals surface area contributed by atoms with Crippen LogP contribution in [-0.2, 0) is 0 Å². The first kappa shape index (κ1) is 20.7. The molecule has 1 aromatic heterocycles. The number of amides is 1. The summed E-state index contributed by atoms with van der Waals surface area (Å²) >= 11 is 12.1. The molecule has 1 heterocycles. The number of benzene rings is 1. The van der Waals surface area contributed by atoms with Gasteiger partial charge in [0.1, 0.15) is 5.69 Å². The molecule has 0 bridgehead atoms.